The fraction of sp³-hybridized carbons (Fsp3) is 0.714. The van der Waals surface area contributed by atoms with E-state index in [9.17, 15) is 4.79 Å². The number of rotatable bonds is 4. The van der Waals surface area contributed by atoms with Gasteiger partial charge in [-0.25, -0.2) is 4.79 Å². The van der Waals surface area contributed by atoms with Gasteiger partial charge in [-0.1, -0.05) is 19.8 Å². The molecule has 106 valence electrons. The second-order valence-corrected chi connectivity index (χ2v) is 5.62. The largest absolute Gasteiger partial charge is 0.335 e. The van der Waals surface area contributed by atoms with Crippen LogP contribution >= 0.6 is 0 Å². The number of hydrogen-bond acceptors (Lipinski definition) is 2. The zero-order chi connectivity index (χ0) is 13.7. The predicted molar refractivity (Wildman–Crippen MR) is 74.8 cm³/mol. The van der Waals surface area contributed by atoms with Crippen molar-refractivity contribution < 1.29 is 4.79 Å². The van der Waals surface area contributed by atoms with E-state index in [2.05, 4.69) is 22.7 Å². The van der Waals surface area contributed by atoms with E-state index in [1.807, 2.05) is 23.9 Å². The molecule has 5 nitrogen and oxygen atoms in total. The summed E-state index contributed by atoms with van der Waals surface area (Å²) in [5, 5.41) is 10.2. The molecule has 0 bridgehead atoms. The molecule has 3 atom stereocenters. The highest BCUT2D eigenvalue weighted by molar-refractivity contribution is 5.74. The molecule has 1 aliphatic carbocycles. The van der Waals surface area contributed by atoms with Crippen LogP contribution in [-0.2, 0) is 6.54 Å². The van der Waals surface area contributed by atoms with Gasteiger partial charge in [0.25, 0.3) is 0 Å². The summed E-state index contributed by atoms with van der Waals surface area (Å²) < 4.78 is 1.83. The van der Waals surface area contributed by atoms with E-state index < -0.39 is 0 Å². The average molecular weight is 264 g/mol. The molecule has 0 saturated heterocycles. The van der Waals surface area contributed by atoms with Crippen LogP contribution in [0.25, 0.3) is 0 Å². The molecule has 1 heterocycles. The Labute approximate surface area is 114 Å². The first kappa shape index (κ1) is 13.9. The Kier molecular flexibility index (Phi) is 4.82. The van der Waals surface area contributed by atoms with E-state index in [-0.39, 0.29) is 12.1 Å². The maximum absolute atomic E-state index is 11.9. The van der Waals surface area contributed by atoms with Gasteiger partial charge in [0.15, 0.2) is 0 Å². The first-order chi connectivity index (χ1) is 9.15. The van der Waals surface area contributed by atoms with Crippen LogP contribution in [0.15, 0.2) is 18.5 Å². The molecular weight excluding hydrogens is 240 g/mol. The van der Waals surface area contributed by atoms with Crippen LogP contribution in [0.2, 0.25) is 0 Å². The molecule has 0 spiro atoms. The van der Waals surface area contributed by atoms with Crippen LogP contribution in [0.1, 0.15) is 39.5 Å². The molecule has 1 aromatic heterocycles. The quantitative estimate of drug-likeness (QED) is 0.875. The number of nitrogens with zero attached hydrogens (tertiary/aromatic N) is 2. The van der Waals surface area contributed by atoms with Gasteiger partial charge in [-0.3, -0.25) is 4.68 Å². The Bertz CT molecular complexity index is 390. The Balaban J connectivity index is 1.74. The normalized spacial score (nSPS) is 24.7. The monoisotopic (exact) mass is 264 g/mol. The van der Waals surface area contributed by atoms with Crippen LogP contribution in [0.4, 0.5) is 4.79 Å². The molecule has 1 fully saturated rings. The summed E-state index contributed by atoms with van der Waals surface area (Å²) >= 11 is 0. The second-order valence-electron chi connectivity index (χ2n) is 5.62. The number of hydrogen-bond donors (Lipinski definition) is 2. The van der Waals surface area contributed by atoms with E-state index >= 15 is 0 Å². The lowest BCUT2D eigenvalue weighted by Crippen LogP contribution is -2.49. The molecule has 2 rings (SSSR count). The van der Waals surface area contributed by atoms with E-state index in [0.29, 0.717) is 18.5 Å². The SMILES string of the molecule is CC(Cn1cccn1)NC(=O)NC1CCCCC1C. The Morgan fingerprint density at radius 1 is 1.47 bits per heavy atom. The molecule has 19 heavy (non-hydrogen) atoms. The van der Waals surface area contributed by atoms with Gasteiger partial charge in [-0.2, -0.15) is 5.10 Å². The minimum atomic E-state index is -0.0570. The number of nitrogens with one attached hydrogen (secondary N) is 2. The van der Waals surface area contributed by atoms with Crippen molar-refractivity contribution in [3.63, 3.8) is 0 Å². The maximum Gasteiger partial charge on any atom is 0.315 e. The van der Waals surface area contributed by atoms with Crippen molar-refractivity contribution in [1.82, 2.24) is 20.4 Å². The fourth-order valence-electron chi connectivity index (χ4n) is 2.70. The zero-order valence-corrected chi connectivity index (χ0v) is 11.8. The summed E-state index contributed by atoms with van der Waals surface area (Å²) in [6.07, 6.45) is 8.47. The summed E-state index contributed by atoms with van der Waals surface area (Å²) in [7, 11) is 0. The van der Waals surface area contributed by atoms with Crippen molar-refractivity contribution in [2.24, 2.45) is 5.92 Å². The molecule has 0 aliphatic heterocycles. The van der Waals surface area contributed by atoms with Crippen molar-refractivity contribution in [3.05, 3.63) is 18.5 Å². The number of carbonyl (C=O) groups excluding carboxylic acids is 1. The summed E-state index contributed by atoms with van der Waals surface area (Å²) in [4.78, 5) is 11.9. The first-order valence-electron chi connectivity index (χ1n) is 7.19. The van der Waals surface area contributed by atoms with E-state index in [4.69, 9.17) is 0 Å². The lowest BCUT2D eigenvalue weighted by molar-refractivity contribution is 0.217. The van der Waals surface area contributed by atoms with E-state index in [0.717, 1.165) is 6.42 Å². The highest BCUT2D eigenvalue weighted by Gasteiger charge is 2.23. The highest BCUT2D eigenvalue weighted by atomic mass is 16.2. The molecule has 1 aromatic rings. The predicted octanol–water partition coefficient (Wildman–Crippen LogP) is 2.15. The van der Waals surface area contributed by atoms with Crippen molar-refractivity contribution >= 4 is 6.03 Å². The lowest BCUT2D eigenvalue weighted by atomic mass is 9.86. The highest BCUT2D eigenvalue weighted by Crippen LogP contribution is 2.23. The summed E-state index contributed by atoms with van der Waals surface area (Å²) in [5.74, 6) is 0.584. The van der Waals surface area contributed by atoms with Crippen molar-refractivity contribution in [2.75, 3.05) is 0 Å². The molecule has 2 N–H and O–H groups in total. The number of aromatic nitrogens is 2. The average Bonchev–Trinajstić information content (AvgIpc) is 2.84. The second kappa shape index (κ2) is 6.59. The maximum atomic E-state index is 11.9. The van der Waals surface area contributed by atoms with Crippen molar-refractivity contribution in [1.29, 1.82) is 0 Å². The Hall–Kier alpha value is -1.52. The van der Waals surface area contributed by atoms with Gasteiger partial charge in [-0.05, 0) is 31.7 Å². The molecule has 1 aliphatic rings. The lowest BCUT2D eigenvalue weighted by Gasteiger charge is -2.30. The smallest absolute Gasteiger partial charge is 0.315 e. The summed E-state index contributed by atoms with van der Waals surface area (Å²) in [6.45, 7) is 4.91. The van der Waals surface area contributed by atoms with Crippen LogP contribution in [0.5, 0.6) is 0 Å². The molecular formula is C14H24N4O. The molecule has 2 amide bonds. The topological polar surface area (TPSA) is 59.0 Å². The fourth-order valence-corrected chi connectivity index (χ4v) is 2.70. The van der Waals surface area contributed by atoms with Crippen LogP contribution in [-0.4, -0.2) is 27.9 Å². The van der Waals surface area contributed by atoms with Crippen LogP contribution in [0, 0.1) is 5.92 Å². The third kappa shape index (κ3) is 4.26. The summed E-state index contributed by atoms with van der Waals surface area (Å²) in [6, 6.07) is 2.22. The Morgan fingerprint density at radius 3 is 2.95 bits per heavy atom. The van der Waals surface area contributed by atoms with E-state index in [1.165, 1.54) is 19.3 Å². The van der Waals surface area contributed by atoms with Crippen LogP contribution < -0.4 is 10.6 Å². The first-order valence-corrected chi connectivity index (χ1v) is 7.19. The molecule has 5 heteroatoms. The van der Waals surface area contributed by atoms with E-state index in [1.54, 1.807) is 6.20 Å². The van der Waals surface area contributed by atoms with Gasteiger partial charge >= 0.3 is 6.03 Å². The molecule has 3 unspecified atom stereocenters. The van der Waals surface area contributed by atoms with Gasteiger partial charge in [0.1, 0.15) is 0 Å². The molecule has 0 radical (unpaired) electrons. The molecule has 1 saturated carbocycles. The van der Waals surface area contributed by atoms with Gasteiger partial charge in [0.2, 0.25) is 0 Å². The van der Waals surface area contributed by atoms with Crippen molar-refractivity contribution in [2.45, 2.75) is 58.2 Å². The van der Waals surface area contributed by atoms with Gasteiger partial charge in [0.05, 0.1) is 6.54 Å². The molecule has 0 aromatic carbocycles. The number of carbonyl (C=O) groups is 1. The van der Waals surface area contributed by atoms with Crippen molar-refractivity contribution in [3.8, 4) is 0 Å². The van der Waals surface area contributed by atoms with Gasteiger partial charge in [0, 0.05) is 24.5 Å². The minimum absolute atomic E-state index is 0.0570. The van der Waals surface area contributed by atoms with Gasteiger partial charge < -0.3 is 10.6 Å². The third-order valence-corrected chi connectivity index (χ3v) is 3.83. The zero-order valence-electron chi connectivity index (χ0n) is 11.8. The Morgan fingerprint density at radius 2 is 2.26 bits per heavy atom. The van der Waals surface area contributed by atoms with Crippen LogP contribution in [0.3, 0.4) is 0 Å². The number of amides is 2. The van der Waals surface area contributed by atoms with Gasteiger partial charge in [-0.15, -0.1) is 0 Å². The summed E-state index contributed by atoms with van der Waals surface area (Å²) in [5.41, 5.74) is 0. The minimum Gasteiger partial charge on any atom is -0.335 e. The third-order valence-electron chi connectivity index (χ3n) is 3.83. The number of urea groups is 1. The standard InChI is InChI=1S/C14H24N4O/c1-11-6-3-4-7-13(11)17-14(19)16-12(2)10-18-9-5-8-15-18/h5,8-9,11-13H,3-4,6-7,10H2,1-2H3,(H2,16,17,19).